The van der Waals surface area contributed by atoms with Crippen LogP contribution < -0.4 is 20.2 Å². The predicted octanol–water partition coefficient (Wildman–Crippen LogP) is 3.89. The second-order valence-corrected chi connectivity index (χ2v) is 6.76. The average molecular weight is 435 g/mol. The van der Waals surface area contributed by atoms with E-state index in [1.54, 1.807) is 67.6 Å². The number of anilines is 1. The predicted molar refractivity (Wildman–Crippen MR) is 119 cm³/mol. The van der Waals surface area contributed by atoms with Crippen LogP contribution in [0.5, 0.6) is 11.5 Å². The molecule has 0 saturated carbocycles. The quantitative estimate of drug-likeness (QED) is 0.335. The van der Waals surface area contributed by atoms with E-state index >= 15 is 0 Å². The third-order valence-electron chi connectivity index (χ3n) is 4.47. The van der Waals surface area contributed by atoms with Crippen molar-refractivity contribution in [3.8, 4) is 11.5 Å². The molecule has 3 aromatic rings. The number of hydrogen-bond acceptors (Lipinski definition) is 5. The number of nitrogens with one attached hydrogen (secondary N) is 2. The fourth-order valence-electron chi connectivity index (χ4n) is 2.65. The van der Waals surface area contributed by atoms with Crippen molar-refractivity contribution in [2.45, 2.75) is 13.5 Å². The van der Waals surface area contributed by atoms with E-state index in [4.69, 9.17) is 9.47 Å². The molecule has 0 spiro atoms. The molecular formula is C24H22FN3O4. The maximum absolute atomic E-state index is 12.9. The summed E-state index contributed by atoms with van der Waals surface area (Å²) in [6.45, 7) is 2.02. The zero-order chi connectivity index (χ0) is 22.9. The number of halogens is 1. The highest BCUT2D eigenvalue weighted by molar-refractivity contribution is 6.39. The maximum atomic E-state index is 12.9. The standard InChI is InChI=1S/C24H22FN3O4/c1-16(27-28-24(30)23(29)26-20-9-13-21(31-2)14-10-20)18-5-11-22(12-6-18)32-15-17-3-7-19(25)8-4-17/h3-14H,15H2,1-2H3,(H,26,29)(H,28,30)/b27-16+. The number of ether oxygens (including phenoxy) is 2. The fourth-order valence-corrected chi connectivity index (χ4v) is 2.65. The Morgan fingerprint density at radius 3 is 2.12 bits per heavy atom. The van der Waals surface area contributed by atoms with Gasteiger partial charge in [0.25, 0.3) is 0 Å². The molecule has 0 aromatic heterocycles. The number of rotatable bonds is 7. The van der Waals surface area contributed by atoms with Crippen LogP contribution in [0.2, 0.25) is 0 Å². The number of carbonyl (C=O) groups is 2. The zero-order valence-electron chi connectivity index (χ0n) is 17.6. The number of carbonyl (C=O) groups excluding carboxylic acids is 2. The van der Waals surface area contributed by atoms with Gasteiger partial charge in [-0.15, -0.1) is 0 Å². The van der Waals surface area contributed by atoms with Gasteiger partial charge in [-0.3, -0.25) is 9.59 Å². The van der Waals surface area contributed by atoms with Gasteiger partial charge < -0.3 is 14.8 Å². The molecule has 0 unspecified atom stereocenters. The van der Waals surface area contributed by atoms with Crippen LogP contribution in [0.25, 0.3) is 0 Å². The molecule has 0 fully saturated rings. The second-order valence-electron chi connectivity index (χ2n) is 6.76. The number of methoxy groups -OCH3 is 1. The number of amides is 2. The third-order valence-corrected chi connectivity index (χ3v) is 4.47. The molecule has 0 radical (unpaired) electrons. The van der Waals surface area contributed by atoms with Gasteiger partial charge >= 0.3 is 11.8 Å². The van der Waals surface area contributed by atoms with Crippen LogP contribution >= 0.6 is 0 Å². The van der Waals surface area contributed by atoms with Gasteiger partial charge in [0.05, 0.1) is 12.8 Å². The first-order valence-corrected chi connectivity index (χ1v) is 9.72. The van der Waals surface area contributed by atoms with Crippen molar-refractivity contribution in [1.82, 2.24) is 5.43 Å². The highest BCUT2D eigenvalue weighted by atomic mass is 19.1. The van der Waals surface area contributed by atoms with Gasteiger partial charge in [0.2, 0.25) is 0 Å². The summed E-state index contributed by atoms with van der Waals surface area (Å²) in [6, 6.07) is 19.8. The van der Waals surface area contributed by atoms with E-state index in [2.05, 4.69) is 15.8 Å². The van der Waals surface area contributed by atoms with Crippen LogP contribution in [0.4, 0.5) is 10.1 Å². The van der Waals surface area contributed by atoms with E-state index in [0.29, 0.717) is 29.5 Å². The molecule has 7 nitrogen and oxygen atoms in total. The van der Waals surface area contributed by atoms with Gasteiger partial charge in [-0.1, -0.05) is 12.1 Å². The first kappa shape index (κ1) is 22.5. The number of hydrogen-bond donors (Lipinski definition) is 2. The van der Waals surface area contributed by atoms with E-state index < -0.39 is 11.8 Å². The molecule has 0 bridgehead atoms. The van der Waals surface area contributed by atoms with Crippen LogP contribution in [0.1, 0.15) is 18.1 Å². The highest BCUT2D eigenvalue weighted by Gasteiger charge is 2.13. The summed E-state index contributed by atoms with van der Waals surface area (Å²) >= 11 is 0. The Morgan fingerprint density at radius 1 is 0.875 bits per heavy atom. The van der Waals surface area contributed by atoms with Crippen LogP contribution in [-0.2, 0) is 16.2 Å². The second kappa shape index (κ2) is 10.7. The summed E-state index contributed by atoms with van der Waals surface area (Å²) in [4.78, 5) is 24.0. The van der Waals surface area contributed by atoms with E-state index in [-0.39, 0.29) is 5.82 Å². The summed E-state index contributed by atoms with van der Waals surface area (Å²) in [7, 11) is 1.54. The van der Waals surface area contributed by atoms with E-state index in [9.17, 15) is 14.0 Å². The molecule has 2 amide bonds. The van der Waals surface area contributed by atoms with Crippen molar-refractivity contribution >= 4 is 23.2 Å². The largest absolute Gasteiger partial charge is 0.497 e. The Kier molecular flexibility index (Phi) is 7.53. The Bertz CT molecular complexity index is 1100. The molecule has 0 aliphatic rings. The first-order valence-electron chi connectivity index (χ1n) is 9.72. The average Bonchev–Trinajstić information content (AvgIpc) is 2.82. The van der Waals surface area contributed by atoms with Gasteiger partial charge in [-0.05, 0) is 78.7 Å². The third kappa shape index (κ3) is 6.40. The molecule has 0 saturated heterocycles. The van der Waals surface area contributed by atoms with Crippen LogP contribution in [0, 0.1) is 5.82 Å². The minimum Gasteiger partial charge on any atom is -0.497 e. The molecule has 0 heterocycles. The smallest absolute Gasteiger partial charge is 0.329 e. The molecule has 0 aliphatic carbocycles. The van der Waals surface area contributed by atoms with Crippen LogP contribution in [0.15, 0.2) is 77.9 Å². The molecule has 8 heteroatoms. The lowest BCUT2D eigenvalue weighted by Gasteiger charge is -2.08. The number of nitrogens with zero attached hydrogens (tertiary/aromatic N) is 1. The Hall–Kier alpha value is -4.20. The molecule has 0 aliphatic heterocycles. The molecule has 164 valence electrons. The molecule has 3 aromatic carbocycles. The van der Waals surface area contributed by atoms with E-state index in [0.717, 1.165) is 11.1 Å². The topological polar surface area (TPSA) is 89.0 Å². The lowest BCUT2D eigenvalue weighted by molar-refractivity contribution is -0.136. The van der Waals surface area contributed by atoms with Gasteiger partial charge in [0.1, 0.15) is 23.9 Å². The summed E-state index contributed by atoms with van der Waals surface area (Å²) in [5.41, 5.74) is 4.81. The summed E-state index contributed by atoms with van der Waals surface area (Å²) in [5.74, 6) is -0.748. The molecule has 0 atom stereocenters. The minimum absolute atomic E-state index is 0.293. The van der Waals surface area contributed by atoms with Crippen molar-refractivity contribution in [1.29, 1.82) is 0 Å². The minimum atomic E-state index is -0.889. The van der Waals surface area contributed by atoms with Crippen LogP contribution in [-0.4, -0.2) is 24.6 Å². The summed E-state index contributed by atoms with van der Waals surface area (Å²) in [6.07, 6.45) is 0. The Morgan fingerprint density at radius 2 is 1.50 bits per heavy atom. The Labute approximate surface area is 184 Å². The molecular weight excluding hydrogens is 413 g/mol. The number of hydrazone groups is 1. The van der Waals surface area contributed by atoms with E-state index in [1.807, 2.05) is 0 Å². The normalized spacial score (nSPS) is 10.9. The van der Waals surface area contributed by atoms with Gasteiger partial charge in [-0.2, -0.15) is 5.10 Å². The summed E-state index contributed by atoms with van der Waals surface area (Å²) < 4.78 is 23.7. The van der Waals surface area contributed by atoms with Crippen LogP contribution in [0.3, 0.4) is 0 Å². The van der Waals surface area contributed by atoms with Gasteiger partial charge in [0.15, 0.2) is 0 Å². The van der Waals surface area contributed by atoms with Crippen molar-refractivity contribution in [2.75, 3.05) is 12.4 Å². The van der Waals surface area contributed by atoms with Crippen molar-refractivity contribution in [3.05, 3.63) is 89.7 Å². The SMILES string of the molecule is COc1ccc(NC(=O)C(=O)N/N=C(\C)c2ccc(OCc3ccc(F)cc3)cc2)cc1. The summed E-state index contributed by atoms with van der Waals surface area (Å²) in [5, 5.41) is 6.46. The highest BCUT2D eigenvalue weighted by Crippen LogP contribution is 2.16. The molecule has 32 heavy (non-hydrogen) atoms. The van der Waals surface area contributed by atoms with Crippen molar-refractivity contribution in [2.24, 2.45) is 5.10 Å². The van der Waals surface area contributed by atoms with E-state index in [1.165, 1.54) is 19.2 Å². The van der Waals surface area contributed by atoms with Crippen molar-refractivity contribution < 1.29 is 23.5 Å². The Balaban J connectivity index is 1.51. The maximum Gasteiger partial charge on any atom is 0.329 e. The zero-order valence-corrected chi connectivity index (χ0v) is 17.6. The lowest BCUT2D eigenvalue weighted by Crippen LogP contribution is -2.32. The molecule has 3 rings (SSSR count). The molecule has 2 N–H and O–H groups in total. The monoisotopic (exact) mass is 435 g/mol. The lowest BCUT2D eigenvalue weighted by atomic mass is 10.1. The number of benzene rings is 3. The van der Waals surface area contributed by atoms with Gasteiger partial charge in [-0.25, -0.2) is 9.82 Å². The van der Waals surface area contributed by atoms with Gasteiger partial charge in [0, 0.05) is 5.69 Å². The first-order chi connectivity index (χ1) is 15.4. The fraction of sp³-hybridized carbons (Fsp3) is 0.125. The van der Waals surface area contributed by atoms with Crippen molar-refractivity contribution in [3.63, 3.8) is 0 Å².